The van der Waals surface area contributed by atoms with Crippen LogP contribution >= 0.6 is 39.1 Å². The predicted octanol–water partition coefficient (Wildman–Crippen LogP) is 5.61. The molecule has 106 valence electrons. The highest BCUT2D eigenvalue weighted by molar-refractivity contribution is 9.10. The van der Waals surface area contributed by atoms with E-state index in [1.54, 1.807) is 18.2 Å². The molecule has 1 heterocycles. The number of rotatable bonds is 2. The Bertz CT molecular complexity index is 875. The molecule has 0 amide bonds. The molecule has 1 aromatic heterocycles. The van der Waals surface area contributed by atoms with E-state index in [2.05, 4.69) is 20.9 Å². The number of nitrogens with one attached hydrogen (secondary N) is 1. The summed E-state index contributed by atoms with van der Waals surface area (Å²) in [4.78, 5) is 15.5. The summed E-state index contributed by atoms with van der Waals surface area (Å²) in [5.74, 6) is -1.02. The second-order valence-corrected chi connectivity index (χ2v) is 6.23. The minimum absolute atomic E-state index is 0.00915. The zero-order chi connectivity index (χ0) is 15.1. The highest BCUT2D eigenvalue weighted by atomic mass is 79.9. The summed E-state index contributed by atoms with van der Waals surface area (Å²) in [6.45, 7) is 0. The van der Waals surface area contributed by atoms with Crippen LogP contribution in [0.25, 0.3) is 10.9 Å². The van der Waals surface area contributed by atoms with Gasteiger partial charge in [0.05, 0.1) is 10.6 Å². The fourth-order valence-electron chi connectivity index (χ4n) is 2.18. The molecule has 0 aliphatic rings. The fourth-order valence-corrected chi connectivity index (χ4v) is 3.11. The van der Waals surface area contributed by atoms with E-state index in [4.69, 9.17) is 23.2 Å². The van der Waals surface area contributed by atoms with Gasteiger partial charge < -0.3 is 4.98 Å². The van der Waals surface area contributed by atoms with Gasteiger partial charge >= 0.3 is 0 Å². The Morgan fingerprint density at radius 3 is 2.62 bits per heavy atom. The van der Waals surface area contributed by atoms with Gasteiger partial charge in [0.2, 0.25) is 0 Å². The van der Waals surface area contributed by atoms with E-state index in [0.29, 0.717) is 31.0 Å². The van der Waals surface area contributed by atoms with Crippen LogP contribution in [0, 0.1) is 5.82 Å². The van der Waals surface area contributed by atoms with Crippen LogP contribution in [-0.2, 0) is 0 Å². The number of carbonyl (C=O) groups is 1. The number of fused-ring (bicyclic) bond motifs is 1. The third kappa shape index (κ3) is 2.59. The average Bonchev–Trinajstić information content (AvgIpc) is 2.81. The largest absolute Gasteiger partial charge is 0.360 e. The highest BCUT2D eigenvalue weighted by Gasteiger charge is 2.19. The van der Waals surface area contributed by atoms with E-state index in [0.717, 1.165) is 0 Å². The van der Waals surface area contributed by atoms with Gasteiger partial charge in [-0.1, -0.05) is 39.1 Å². The van der Waals surface area contributed by atoms with Gasteiger partial charge in [0.25, 0.3) is 0 Å². The summed E-state index contributed by atoms with van der Waals surface area (Å²) in [5, 5.41) is 1.34. The van der Waals surface area contributed by atoms with Crippen LogP contribution in [0.5, 0.6) is 0 Å². The first-order chi connectivity index (χ1) is 9.97. The standard InChI is InChI=1S/C15H7BrCl2FNO/c16-7-1-2-9(12(19)3-7)15(21)10-6-20-13-5-8(17)4-11(18)14(10)13/h1-6,20H. The number of hydrogen-bond acceptors (Lipinski definition) is 1. The minimum Gasteiger partial charge on any atom is -0.360 e. The van der Waals surface area contributed by atoms with E-state index in [-0.39, 0.29) is 5.56 Å². The van der Waals surface area contributed by atoms with Crippen molar-refractivity contribution in [3.05, 3.63) is 68.0 Å². The normalized spacial score (nSPS) is 11.0. The Hall–Kier alpha value is -1.36. The van der Waals surface area contributed by atoms with Gasteiger partial charge in [-0.3, -0.25) is 4.79 Å². The van der Waals surface area contributed by atoms with Crippen molar-refractivity contribution < 1.29 is 9.18 Å². The summed E-state index contributed by atoms with van der Waals surface area (Å²) < 4.78 is 14.5. The van der Waals surface area contributed by atoms with Crippen molar-refractivity contribution in [3.8, 4) is 0 Å². The summed E-state index contributed by atoms with van der Waals surface area (Å²) in [6, 6.07) is 7.51. The quantitative estimate of drug-likeness (QED) is 0.570. The molecule has 0 radical (unpaired) electrons. The van der Waals surface area contributed by atoms with Gasteiger partial charge in [-0.15, -0.1) is 0 Å². The molecular formula is C15H7BrCl2FNO. The van der Waals surface area contributed by atoms with Crippen LogP contribution in [0.4, 0.5) is 4.39 Å². The van der Waals surface area contributed by atoms with E-state index < -0.39 is 11.6 Å². The van der Waals surface area contributed by atoms with Crippen molar-refractivity contribution in [3.63, 3.8) is 0 Å². The lowest BCUT2D eigenvalue weighted by Gasteiger charge is -2.04. The average molecular weight is 387 g/mol. The third-order valence-corrected chi connectivity index (χ3v) is 4.13. The molecule has 0 aliphatic carbocycles. The molecule has 0 atom stereocenters. The Morgan fingerprint density at radius 1 is 1.14 bits per heavy atom. The summed E-state index contributed by atoms with van der Waals surface area (Å²) in [5.41, 5.74) is 0.936. The van der Waals surface area contributed by atoms with Crippen molar-refractivity contribution in [2.24, 2.45) is 0 Å². The van der Waals surface area contributed by atoms with Crippen molar-refractivity contribution in [1.82, 2.24) is 4.98 Å². The molecule has 0 saturated carbocycles. The maximum absolute atomic E-state index is 13.9. The van der Waals surface area contributed by atoms with Crippen LogP contribution in [0.2, 0.25) is 10.0 Å². The van der Waals surface area contributed by atoms with Gasteiger partial charge in [0.1, 0.15) is 5.82 Å². The minimum atomic E-state index is -0.589. The zero-order valence-electron chi connectivity index (χ0n) is 10.4. The van der Waals surface area contributed by atoms with Crippen molar-refractivity contribution in [2.45, 2.75) is 0 Å². The monoisotopic (exact) mass is 385 g/mol. The maximum atomic E-state index is 13.9. The molecule has 2 aromatic carbocycles. The zero-order valence-corrected chi connectivity index (χ0v) is 13.5. The lowest BCUT2D eigenvalue weighted by atomic mass is 10.0. The lowest BCUT2D eigenvalue weighted by molar-refractivity contribution is 0.103. The lowest BCUT2D eigenvalue weighted by Crippen LogP contribution is -2.03. The van der Waals surface area contributed by atoms with E-state index in [9.17, 15) is 9.18 Å². The number of ketones is 1. The van der Waals surface area contributed by atoms with Gasteiger partial charge in [-0.25, -0.2) is 4.39 Å². The predicted molar refractivity (Wildman–Crippen MR) is 85.9 cm³/mol. The SMILES string of the molecule is O=C(c1ccc(Br)cc1F)c1c[nH]c2cc(Cl)cc(Cl)c12. The fraction of sp³-hybridized carbons (Fsp3) is 0. The summed E-state index contributed by atoms with van der Waals surface area (Å²) in [7, 11) is 0. The molecule has 2 nitrogen and oxygen atoms in total. The molecule has 0 spiro atoms. The second-order valence-electron chi connectivity index (χ2n) is 4.47. The van der Waals surface area contributed by atoms with Gasteiger partial charge in [0, 0.05) is 32.2 Å². The number of aromatic amines is 1. The summed E-state index contributed by atoms with van der Waals surface area (Å²) in [6.07, 6.45) is 1.51. The number of aromatic nitrogens is 1. The number of H-pyrrole nitrogens is 1. The smallest absolute Gasteiger partial charge is 0.198 e. The van der Waals surface area contributed by atoms with Crippen LogP contribution in [0.3, 0.4) is 0 Å². The molecule has 1 N–H and O–H groups in total. The first-order valence-corrected chi connectivity index (χ1v) is 7.48. The van der Waals surface area contributed by atoms with Crippen molar-refractivity contribution in [2.75, 3.05) is 0 Å². The van der Waals surface area contributed by atoms with E-state index >= 15 is 0 Å². The van der Waals surface area contributed by atoms with Crippen LogP contribution in [-0.4, -0.2) is 10.8 Å². The molecule has 0 unspecified atom stereocenters. The third-order valence-electron chi connectivity index (χ3n) is 3.12. The van der Waals surface area contributed by atoms with Gasteiger partial charge in [-0.2, -0.15) is 0 Å². The first-order valence-electron chi connectivity index (χ1n) is 5.93. The molecule has 21 heavy (non-hydrogen) atoms. The Balaban J connectivity index is 2.18. The molecule has 0 bridgehead atoms. The van der Waals surface area contributed by atoms with Crippen LogP contribution < -0.4 is 0 Å². The molecule has 3 rings (SSSR count). The second kappa shape index (κ2) is 5.44. The Labute approximate surface area is 138 Å². The molecule has 0 aliphatic heterocycles. The molecule has 6 heteroatoms. The highest BCUT2D eigenvalue weighted by Crippen LogP contribution is 2.32. The molecule has 0 fully saturated rings. The number of benzene rings is 2. The maximum Gasteiger partial charge on any atom is 0.198 e. The number of halogens is 4. The number of carbonyl (C=O) groups excluding carboxylic acids is 1. The number of hydrogen-bond donors (Lipinski definition) is 1. The Kier molecular flexibility index (Phi) is 3.78. The first kappa shape index (κ1) is 14.6. The van der Waals surface area contributed by atoms with E-state index in [1.807, 2.05) is 0 Å². The van der Waals surface area contributed by atoms with Crippen LogP contribution in [0.1, 0.15) is 15.9 Å². The van der Waals surface area contributed by atoms with E-state index in [1.165, 1.54) is 18.3 Å². The van der Waals surface area contributed by atoms with Gasteiger partial charge in [0.15, 0.2) is 5.78 Å². The topological polar surface area (TPSA) is 32.9 Å². The molecular weight excluding hydrogens is 380 g/mol. The molecule has 3 aromatic rings. The summed E-state index contributed by atoms with van der Waals surface area (Å²) >= 11 is 15.2. The van der Waals surface area contributed by atoms with Crippen LogP contribution in [0.15, 0.2) is 41.0 Å². The van der Waals surface area contributed by atoms with Crippen molar-refractivity contribution in [1.29, 1.82) is 0 Å². The van der Waals surface area contributed by atoms with Crippen molar-refractivity contribution >= 4 is 55.8 Å². The Morgan fingerprint density at radius 2 is 1.90 bits per heavy atom. The molecule has 0 saturated heterocycles. The van der Waals surface area contributed by atoms with Gasteiger partial charge in [-0.05, 0) is 30.3 Å².